The Morgan fingerprint density at radius 1 is 1.29 bits per heavy atom. The molecule has 21 heavy (non-hydrogen) atoms. The summed E-state index contributed by atoms with van der Waals surface area (Å²) in [5, 5.41) is 6.54. The minimum absolute atomic E-state index is 0.0778. The van der Waals surface area contributed by atoms with Crippen molar-refractivity contribution in [3.8, 4) is 0 Å². The number of carbonyl (C=O) groups is 1. The summed E-state index contributed by atoms with van der Waals surface area (Å²) in [6.45, 7) is 10.9. The molecule has 0 bridgehead atoms. The summed E-state index contributed by atoms with van der Waals surface area (Å²) in [5.74, 6) is 0.640. The van der Waals surface area contributed by atoms with Crippen LogP contribution in [0.15, 0.2) is 18.2 Å². The van der Waals surface area contributed by atoms with Crippen LogP contribution in [0.3, 0.4) is 0 Å². The summed E-state index contributed by atoms with van der Waals surface area (Å²) in [4.78, 5) is 12.5. The maximum absolute atomic E-state index is 12.5. The van der Waals surface area contributed by atoms with Gasteiger partial charge in [0.15, 0.2) is 0 Å². The third-order valence-corrected chi connectivity index (χ3v) is 6.13. The summed E-state index contributed by atoms with van der Waals surface area (Å²) in [7, 11) is 0. The molecule has 114 valence electrons. The topological polar surface area (TPSA) is 41.1 Å². The highest BCUT2D eigenvalue weighted by molar-refractivity contribution is 5.97. The zero-order chi connectivity index (χ0) is 15.3. The Labute approximate surface area is 127 Å². The summed E-state index contributed by atoms with van der Waals surface area (Å²) in [6.07, 6.45) is 2.09. The van der Waals surface area contributed by atoms with Crippen molar-refractivity contribution in [3.05, 3.63) is 29.3 Å². The molecule has 3 rings (SSSR count). The lowest BCUT2D eigenvalue weighted by molar-refractivity contribution is 0.0949. The Balaban J connectivity index is 1.70. The molecule has 1 saturated carbocycles. The van der Waals surface area contributed by atoms with Crippen LogP contribution < -0.4 is 10.6 Å². The van der Waals surface area contributed by atoms with Crippen molar-refractivity contribution in [3.63, 3.8) is 0 Å². The minimum atomic E-state index is 0.0778. The van der Waals surface area contributed by atoms with Crippen LogP contribution in [0.4, 0.5) is 5.69 Å². The number of benzene rings is 1. The fourth-order valence-corrected chi connectivity index (χ4v) is 3.86. The monoisotopic (exact) mass is 286 g/mol. The molecule has 0 radical (unpaired) electrons. The molecule has 1 aromatic rings. The van der Waals surface area contributed by atoms with Crippen molar-refractivity contribution in [2.45, 2.75) is 40.5 Å². The van der Waals surface area contributed by atoms with Crippen molar-refractivity contribution < 1.29 is 4.79 Å². The molecule has 1 heterocycles. The third kappa shape index (κ3) is 2.23. The van der Waals surface area contributed by atoms with Crippen LogP contribution in [0.2, 0.25) is 0 Å². The predicted octanol–water partition coefficient (Wildman–Crippen LogP) is 3.46. The first-order valence-electron chi connectivity index (χ1n) is 7.99. The lowest BCUT2D eigenvalue weighted by atomic mass is 9.97. The summed E-state index contributed by atoms with van der Waals surface area (Å²) in [5.41, 5.74) is 3.78. The van der Waals surface area contributed by atoms with E-state index in [1.807, 2.05) is 12.1 Å². The van der Waals surface area contributed by atoms with Gasteiger partial charge in [-0.25, -0.2) is 0 Å². The van der Waals surface area contributed by atoms with Crippen molar-refractivity contribution in [2.75, 3.05) is 18.4 Å². The third-order valence-electron chi connectivity index (χ3n) is 6.13. The summed E-state index contributed by atoms with van der Waals surface area (Å²) in [6, 6.07) is 5.99. The van der Waals surface area contributed by atoms with Crippen LogP contribution in [-0.4, -0.2) is 19.0 Å². The van der Waals surface area contributed by atoms with Crippen LogP contribution in [-0.2, 0) is 6.42 Å². The smallest absolute Gasteiger partial charge is 0.251 e. The normalized spacial score (nSPS) is 22.1. The zero-order valence-electron chi connectivity index (χ0n) is 13.5. The Hall–Kier alpha value is -1.51. The van der Waals surface area contributed by atoms with Crippen molar-refractivity contribution in [1.82, 2.24) is 5.32 Å². The van der Waals surface area contributed by atoms with Crippen molar-refractivity contribution in [2.24, 2.45) is 16.7 Å². The first-order valence-corrected chi connectivity index (χ1v) is 7.99. The lowest BCUT2D eigenvalue weighted by Gasteiger charge is -2.20. The van der Waals surface area contributed by atoms with E-state index in [-0.39, 0.29) is 5.91 Å². The van der Waals surface area contributed by atoms with Crippen LogP contribution in [0.5, 0.6) is 0 Å². The van der Waals surface area contributed by atoms with Gasteiger partial charge < -0.3 is 10.6 Å². The van der Waals surface area contributed by atoms with Gasteiger partial charge in [0, 0.05) is 24.3 Å². The summed E-state index contributed by atoms with van der Waals surface area (Å²) >= 11 is 0. The Morgan fingerprint density at radius 3 is 2.67 bits per heavy atom. The Morgan fingerprint density at radius 2 is 2.00 bits per heavy atom. The SMILES string of the molecule is CC1(C)C(CNC(=O)c2cccc3c2CCCN3)C1(C)C. The highest BCUT2D eigenvalue weighted by Crippen LogP contribution is 2.67. The van der Waals surface area contributed by atoms with Gasteiger partial charge in [0.2, 0.25) is 0 Å². The van der Waals surface area contributed by atoms with Gasteiger partial charge in [-0.2, -0.15) is 0 Å². The number of hydrogen-bond acceptors (Lipinski definition) is 2. The van der Waals surface area contributed by atoms with Gasteiger partial charge in [0.05, 0.1) is 0 Å². The van der Waals surface area contributed by atoms with E-state index in [1.165, 1.54) is 5.56 Å². The molecule has 2 N–H and O–H groups in total. The van der Waals surface area contributed by atoms with E-state index in [4.69, 9.17) is 0 Å². The van der Waals surface area contributed by atoms with Crippen LogP contribution in [0.25, 0.3) is 0 Å². The van der Waals surface area contributed by atoms with Gasteiger partial charge in [-0.15, -0.1) is 0 Å². The fourth-order valence-electron chi connectivity index (χ4n) is 3.86. The van der Waals surface area contributed by atoms with Crippen molar-refractivity contribution >= 4 is 11.6 Å². The molecular weight excluding hydrogens is 260 g/mol. The van der Waals surface area contributed by atoms with Crippen LogP contribution >= 0.6 is 0 Å². The number of nitrogens with one attached hydrogen (secondary N) is 2. The van der Waals surface area contributed by atoms with E-state index in [0.29, 0.717) is 16.7 Å². The van der Waals surface area contributed by atoms with Gasteiger partial charge in [-0.3, -0.25) is 4.79 Å². The first-order chi connectivity index (χ1) is 9.85. The predicted molar refractivity (Wildman–Crippen MR) is 86.6 cm³/mol. The molecule has 1 aromatic carbocycles. The molecule has 0 spiro atoms. The zero-order valence-corrected chi connectivity index (χ0v) is 13.5. The van der Waals surface area contributed by atoms with E-state index >= 15 is 0 Å². The number of hydrogen-bond donors (Lipinski definition) is 2. The van der Waals surface area contributed by atoms with Crippen LogP contribution in [0.1, 0.15) is 50.0 Å². The molecule has 2 aliphatic rings. The molecule has 1 amide bonds. The molecular formula is C18H26N2O. The van der Waals surface area contributed by atoms with E-state index in [0.717, 1.165) is 37.2 Å². The Kier molecular flexibility index (Phi) is 3.27. The molecule has 0 aromatic heterocycles. The molecule has 1 aliphatic carbocycles. The highest BCUT2D eigenvalue weighted by Gasteiger charge is 2.64. The van der Waals surface area contributed by atoms with E-state index < -0.39 is 0 Å². The van der Waals surface area contributed by atoms with E-state index in [1.54, 1.807) is 0 Å². The number of fused-ring (bicyclic) bond motifs is 1. The quantitative estimate of drug-likeness (QED) is 0.893. The first kappa shape index (κ1) is 14.4. The van der Waals surface area contributed by atoms with Gasteiger partial charge in [-0.1, -0.05) is 33.8 Å². The molecule has 3 nitrogen and oxygen atoms in total. The molecule has 0 unspecified atom stereocenters. The van der Waals surface area contributed by atoms with Gasteiger partial charge in [-0.05, 0) is 47.3 Å². The number of rotatable bonds is 3. The van der Waals surface area contributed by atoms with Crippen LogP contribution in [0, 0.1) is 16.7 Å². The lowest BCUT2D eigenvalue weighted by Crippen LogP contribution is -2.29. The van der Waals surface area contributed by atoms with E-state index in [2.05, 4.69) is 44.4 Å². The minimum Gasteiger partial charge on any atom is -0.385 e. The molecule has 1 aliphatic heterocycles. The Bertz CT molecular complexity index is 561. The second-order valence-corrected chi connectivity index (χ2v) is 7.57. The number of carbonyl (C=O) groups excluding carboxylic acids is 1. The molecule has 1 fully saturated rings. The molecule has 3 heteroatoms. The van der Waals surface area contributed by atoms with Gasteiger partial charge >= 0.3 is 0 Å². The van der Waals surface area contributed by atoms with Gasteiger partial charge in [0.1, 0.15) is 0 Å². The molecule has 0 saturated heterocycles. The average molecular weight is 286 g/mol. The second kappa shape index (κ2) is 4.75. The second-order valence-electron chi connectivity index (χ2n) is 7.57. The van der Waals surface area contributed by atoms with Gasteiger partial charge in [0.25, 0.3) is 5.91 Å². The number of amides is 1. The standard InChI is InChI=1S/C18H26N2O/c1-17(2)15(18(17,3)4)11-20-16(21)13-7-5-9-14-12(13)8-6-10-19-14/h5,7,9,15,19H,6,8,10-11H2,1-4H3,(H,20,21). The summed E-state index contributed by atoms with van der Waals surface area (Å²) < 4.78 is 0. The fraction of sp³-hybridized carbons (Fsp3) is 0.611. The molecule has 0 atom stereocenters. The van der Waals surface area contributed by atoms with E-state index in [9.17, 15) is 4.79 Å². The number of anilines is 1. The highest BCUT2D eigenvalue weighted by atomic mass is 16.1. The van der Waals surface area contributed by atoms with Crippen molar-refractivity contribution in [1.29, 1.82) is 0 Å². The largest absolute Gasteiger partial charge is 0.385 e. The maximum Gasteiger partial charge on any atom is 0.251 e. The average Bonchev–Trinajstić information content (AvgIpc) is 2.85. The maximum atomic E-state index is 12.5.